The predicted octanol–water partition coefficient (Wildman–Crippen LogP) is 2.50. The van der Waals surface area contributed by atoms with Crippen molar-refractivity contribution in [2.24, 2.45) is 5.73 Å². The average molecular weight is 486 g/mol. The maximum absolute atomic E-state index is 13.2. The van der Waals surface area contributed by atoms with E-state index in [0.29, 0.717) is 75.4 Å². The van der Waals surface area contributed by atoms with Gasteiger partial charge in [-0.2, -0.15) is 15.0 Å². The molecule has 4 rings (SSSR count). The van der Waals surface area contributed by atoms with Gasteiger partial charge in [0.25, 0.3) is 0 Å². The maximum Gasteiger partial charge on any atom is 0.233 e. The number of ether oxygens (including phenoxy) is 4. The molecule has 0 bridgehead atoms. The van der Waals surface area contributed by atoms with Crippen LogP contribution in [0.3, 0.4) is 0 Å². The molecule has 0 atom stereocenters. The normalized spacial score (nSPS) is 11.9. The van der Waals surface area contributed by atoms with Gasteiger partial charge in [-0.3, -0.25) is 0 Å². The number of hydrogen-bond acceptors (Lipinski definition) is 11. The molecule has 11 nitrogen and oxygen atoms in total. The van der Waals surface area contributed by atoms with Crippen LogP contribution in [0.2, 0.25) is 0 Å². The van der Waals surface area contributed by atoms with Crippen molar-refractivity contribution in [2.75, 3.05) is 62.3 Å². The number of nitrogens with zero attached hydrogens (tertiary/aromatic N) is 3. The summed E-state index contributed by atoms with van der Waals surface area (Å²) in [5.74, 6) is 2.09. The molecular formula is C23H28FN7O4. The number of rotatable bonds is 14. The molecule has 1 aliphatic heterocycles. The topological polar surface area (TPSA) is 138 Å². The fraction of sp³-hybridized carbons (Fsp3) is 0.348. The van der Waals surface area contributed by atoms with E-state index in [9.17, 15) is 4.39 Å². The van der Waals surface area contributed by atoms with Crippen LogP contribution in [0.5, 0.6) is 11.5 Å². The highest BCUT2D eigenvalue weighted by Crippen LogP contribution is 2.34. The molecular weight excluding hydrogens is 457 g/mol. The monoisotopic (exact) mass is 485 g/mol. The van der Waals surface area contributed by atoms with E-state index in [-0.39, 0.29) is 12.6 Å². The third-order valence-electron chi connectivity index (χ3n) is 4.79. The van der Waals surface area contributed by atoms with Gasteiger partial charge in [-0.15, -0.1) is 0 Å². The number of halogens is 1. The Bertz CT molecular complexity index is 1090. The summed E-state index contributed by atoms with van der Waals surface area (Å²) in [6.45, 7) is 3.50. The summed E-state index contributed by atoms with van der Waals surface area (Å²) < 4.78 is 34.8. The molecule has 5 N–H and O–H groups in total. The van der Waals surface area contributed by atoms with Gasteiger partial charge < -0.3 is 40.6 Å². The van der Waals surface area contributed by atoms with Crippen molar-refractivity contribution in [3.63, 3.8) is 0 Å². The number of benzene rings is 2. The Morgan fingerprint density at radius 2 is 1.54 bits per heavy atom. The maximum atomic E-state index is 13.2. The molecule has 3 aromatic rings. The van der Waals surface area contributed by atoms with Gasteiger partial charge >= 0.3 is 0 Å². The molecule has 0 unspecified atom stereocenters. The average Bonchev–Trinajstić information content (AvgIpc) is 3.33. The zero-order chi connectivity index (χ0) is 24.3. The summed E-state index contributed by atoms with van der Waals surface area (Å²) in [4.78, 5) is 13.3. The van der Waals surface area contributed by atoms with E-state index in [2.05, 4.69) is 30.9 Å². The Morgan fingerprint density at radius 1 is 0.829 bits per heavy atom. The third-order valence-corrected chi connectivity index (χ3v) is 4.79. The van der Waals surface area contributed by atoms with E-state index in [1.54, 1.807) is 12.1 Å². The van der Waals surface area contributed by atoms with Crippen molar-refractivity contribution in [1.82, 2.24) is 15.0 Å². The molecule has 2 aromatic carbocycles. The molecule has 0 fully saturated rings. The molecule has 1 aliphatic rings. The third kappa shape index (κ3) is 7.64. The van der Waals surface area contributed by atoms with Crippen LogP contribution < -0.4 is 31.2 Å². The molecule has 1 aromatic heterocycles. The van der Waals surface area contributed by atoms with E-state index >= 15 is 0 Å². The first kappa shape index (κ1) is 24.4. The van der Waals surface area contributed by atoms with E-state index < -0.39 is 0 Å². The van der Waals surface area contributed by atoms with Gasteiger partial charge in [-0.25, -0.2) is 4.39 Å². The highest BCUT2D eigenvalue weighted by molar-refractivity contribution is 5.61. The molecule has 12 heteroatoms. The van der Waals surface area contributed by atoms with Crippen LogP contribution in [0.4, 0.5) is 27.9 Å². The second kappa shape index (κ2) is 12.6. The van der Waals surface area contributed by atoms with Gasteiger partial charge in [-0.1, -0.05) is 12.1 Å². The molecule has 2 heterocycles. The summed E-state index contributed by atoms with van der Waals surface area (Å²) in [6, 6.07) is 11.7. The van der Waals surface area contributed by atoms with Crippen LogP contribution in [0.1, 0.15) is 5.56 Å². The summed E-state index contributed by atoms with van der Waals surface area (Å²) in [5.41, 5.74) is 7.00. The largest absolute Gasteiger partial charge is 0.454 e. The number of anilines is 4. The zero-order valence-electron chi connectivity index (χ0n) is 19.1. The Balaban J connectivity index is 1.39. The minimum absolute atomic E-state index is 0.192. The van der Waals surface area contributed by atoms with Crippen molar-refractivity contribution in [3.8, 4) is 11.5 Å². The van der Waals surface area contributed by atoms with E-state index in [1.165, 1.54) is 12.1 Å². The fourth-order valence-electron chi connectivity index (χ4n) is 3.12. The first-order chi connectivity index (χ1) is 17.2. The van der Waals surface area contributed by atoms with Crippen LogP contribution in [-0.2, 0) is 16.0 Å². The molecule has 186 valence electrons. The van der Waals surface area contributed by atoms with Crippen LogP contribution in [0, 0.1) is 5.82 Å². The highest BCUT2D eigenvalue weighted by Gasteiger charge is 2.14. The van der Waals surface area contributed by atoms with Crippen LogP contribution in [0.25, 0.3) is 0 Å². The number of hydrogen-bond donors (Lipinski definition) is 4. The standard InChI is InChI=1S/C23H28FN7O4/c24-17-3-1-16(2-4-17)14-27-22-29-21(26-8-10-33-12-11-32-9-7-25)30-23(31-22)28-18-5-6-19-20(13-18)35-15-34-19/h1-6,13H,7-12,14-15,25H2,(H3,26,27,28,29,30,31). The first-order valence-corrected chi connectivity index (χ1v) is 11.2. The Labute approximate surface area is 202 Å². The van der Waals surface area contributed by atoms with E-state index in [0.717, 1.165) is 11.3 Å². The highest BCUT2D eigenvalue weighted by atomic mass is 19.1. The number of nitrogens with two attached hydrogens (primary N) is 1. The number of aromatic nitrogens is 3. The summed E-state index contributed by atoms with van der Waals surface area (Å²) in [7, 11) is 0. The van der Waals surface area contributed by atoms with Crippen molar-refractivity contribution in [2.45, 2.75) is 6.54 Å². The van der Waals surface area contributed by atoms with E-state index in [4.69, 9.17) is 24.7 Å². The van der Waals surface area contributed by atoms with Crippen LogP contribution in [-0.4, -0.2) is 61.3 Å². The molecule has 0 spiro atoms. The molecule has 35 heavy (non-hydrogen) atoms. The van der Waals surface area contributed by atoms with Gasteiger partial charge in [0.05, 0.1) is 26.4 Å². The first-order valence-electron chi connectivity index (χ1n) is 11.2. The van der Waals surface area contributed by atoms with Gasteiger partial charge in [-0.05, 0) is 29.8 Å². The molecule has 0 aliphatic carbocycles. The van der Waals surface area contributed by atoms with Gasteiger partial charge in [0.2, 0.25) is 24.6 Å². The number of fused-ring (bicyclic) bond motifs is 1. The quantitative estimate of drug-likeness (QED) is 0.251. The summed E-state index contributed by atoms with van der Waals surface area (Å²) in [5, 5.41) is 9.45. The SMILES string of the molecule is NCCOCCOCCNc1nc(NCc2ccc(F)cc2)nc(Nc2ccc3c(c2)OCO3)n1. The zero-order valence-corrected chi connectivity index (χ0v) is 19.1. The second-order valence-corrected chi connectivity index (χ2v) is 7.42. The van der Waals surface area contributed by atoms with E-state index in [1.807, 2.05) is 18.2 Å². The fourth-order valence-corrected chi connectivity index (χ4v) is 3.12. The summed E-state index contributed by atoms with van der Waals surface area (Å²) in [6.07, 6.45) is 0. The van der Waals surface area contributed by atoms with Gasteiger partial charge in [0.15, 0.2) is 11.5 Å². The van der Waals surface area contributed by atoms with Crippen molar-refractivity contribution >= 4 is 23.5 Å². The lowest BCUT2D eigenvalue weighted by Gasteiger charge is -2.12. The number of nitrogens with one attached hydrogen (secondary N) is 3. The minimum Gasteiger partial charge on any atom is -0.454 e. The van der Waals surface area contributed by atoms with Crippen LogP contribution >= 0.6 is 0 Å². The van der Waals surface area contributed by atoms with Gasteiger partial charge in [0.1, 0.15) is 5.82 Å². The second-order valence-electron chi connectivity index (χ2n) is 7.42. The van der Waals surface area contributed by atoms with Crippen LogP contribution in [0.15, 0.2) is 42.5 Å². The van der Waals surface area contributed by atoms with Crippen molar-refractivity contribution in [3.05, 3.63) is 53.8 Å². The molecule has 0 saturated heterocycles. The lowest BCUT2D eigenvalue weighted by atomic mass is 10.2. The molecule has 0 saturated carbocycles. The Hall–Kier alpha value is -3.74. The molecule has 0 amide bonds. The summed E-state index contributed by atoms with van der Waals surface area (Å²) >= 11 is 0. The molecule has 0 radical (unpaired) electrons. The predicted molar refractivity (Wildman–Crippen MR) is 129 cm³/mol. The van der Waals surface area contributed by atoms with Gasteiger partial charge in [0, 0.05) is 31.4 Å². The Kier molecular flexibility index (Phi) is 8.81. The smallest absolute Gasteiger partial charge is 0.233 e. The minimum atomic E-state index is -0.288. The van der Waals surface area contributed by atoms with Crippen molar-refractivity contribution < 1.29 is 23.3 Å². The van der Waals surface area contributed by atoms with Crippen molar-refractivity contribution in [1.29, 1.82) is 0 Å². The lowest BCUT2D eigenvalue weighted by Crippen LogP contribution is -2.17. The Morgan fingerprint density at radius 3 is 2.34 bits per heavy atom. The lowest BCUT2D eigenvalue weighted by molar-refractivity contribution is 0.0547.